The van der Waals surface area contributed by atoms with Crippen molar-refractivity contribution in [2.75, 3.05) is 19.8 Å². The molecule has 0 fully saturated rings. The SMILES string of the molecule is CCOC([B]OC(C)(C)CCOC(C)(C)[B]NC(=O)[B]Cl)OCC. The van der Waals surface area contributed by atoms with Gasteiger partial charge in [-0.15, -0.1) is 0 Å². The highest BCUT2D eigenvalue weighted by Crippen LogP contribution is 2.17. The van der Waals surface area contributed by atoms with E-state index in [1.807, 2.05) is 41.5 Å². The molecule has 0 rings (SSSR count). The molecule has 24 heavy (non-hydrogen) atoms. The van der Waals surface area contributed by atoms with E-state index in [-0.39, 0.29) is 5.81 Å². The molecule has 0 saturated heterocycles. The monoisotopic (exact) mass is 358 g/mol. The summed E-state index contributed by atoms with van der Waals surface area (Å²) >= 11 is 5.31. The Labute approximate surface area is 153 Å². The maximum atomic E-state index is 11.1. The molecule has 0 spiro atoms. The van der Waals surface area contributed by atoms with E-state index in [0.29, 0.717) is 26.2 Å². The van der Waals surface area contributed by atoms with Crippen molar-refractivity contribution in [3.63, 3.8) is 0 Å². The Kier molecular flexibility index (Phi) is 12.1. The molecule has 10 heteroatoms. The van der Waals surface area contributed by atoms with E-state index in [9.17, 15) is 4.79 Å². The summed E-state index contributed by atoms with van der Waals surface area (Å²) in [6.07, 6.45) is 0.174. The standard InChI is InChI=1S/C14H28B3ClNO5/c1-7-21-12(22-8-2)16-24-13(3,4)9-10-23-14(5,6)17-19-11(20)15-18/h12H,7-10H2,1-6H3,(H,19,20). The molecular formula is C14H28B3ClNO5. The highest BCUT2D eigenvalue weighted by molar-refractivity contribution is 7.11. The number of rotatable bonds is 14. The Bertz CT molecular complexity index is 355. The maximum absolute atomic E-state index is 11.1. The molecule has 0 unspecified atom stereocenters. The zero-order valence-corrected chi connectivity index (χ0v) is 16.3. The minimum absolute atomic E-state index is 0.385. The smallest absolute Gasteiger partial charge is 0.361 e. The number of nitrogens with one attached hydrogen (secondary N) is 1. The first-order chi connectivity index (χ1) is 11.2. The normalized spacial score (nSPS) is 12.2. The Morgan fingerprint density at radius 2 is 1.75 bits per heavy atom. The zero-order valence-electron chi connectivity index (χ0n) is 15.6. The second-order valence-electron chi connectivity index (χ2n) is 6.26. The summed E-state index contributed by atoms with van der Waals surface area (Å²) < 4.78 is 22.4. The number of hydrogen-bond acceptors (Lipinski definition) is 5. The summed E-state index contributed by atoms with van der Waals surface area (Å²) in [4.78, 5) is 11.1. The zero-order chi connectivity index (χ0) is 18.6. The quantitative estimate of drug-likeness (QED) is 0.381. The van der Waals surface area contributed by atoms with E-state index in [4.69, 9.17) is 30.3 Å². The second kappa shape index (κ2) is 12.2. The fourth-order valence-electron chi connectivity index (χ4n) is 1.63. The predicted molar refractivity (Wildman–Crippen MR) is 98.5 cm³/mol. The minimum atomic E-state index is -0.617. The molecule has 0 aromatic carbocycles. The molecule has 1 amide bonds. The van der Waals surface area contributed by atoms with Crippen molar-refractivity contribution in [3.8, 4) is 0 Å². The van der Waals surface area contributed by atoms with Crippen molar-refractivity contribution in [2.45, 2.75) is 65.3 Å². The van der Waals surface area contributed by atoms with Gasteiger partial charge in [0.2, 0.25) is 0 Å². The van der Waals surface area contributed by atoms with E-state index in [2.05, 4.69) is 5.23 Å². The van der Waals surface area contributed by atoms with E-state index in [1.165, 1.54) is 0 Å². The van der Waals surface area contributed by atoms with E-state index in [0.717, 1.165) is 6.69 Å². The lowest BCUT2D eigenvalue weighted by molar-refractivity contribution is -0.0966. The third kappa shape index (κ3) is 12.2. The number of amides is 1. The lowest BCUT2D eigenvalue weighted by Gasteiger charge is -2.30. The molecule has 1 N–H and O–H groups in total. The van der Waals surface area contributed by atoms with Crippen LogP contribution in [-0.4, -0.2) is 64.5 Å². The number of carbonyl (C=O) groups is 1. The molecule has 0 aliphatic rings. The van der Waals surface area contributed by atoms with E-state index in [1.54, 1.807) is 14.9 Å². The average molecular weight is 358 g/mol. The summed E-state index contributed by atoms with van der Waals surface area (Å²) in [7, 11) is 3.13. The van der Waals surface area contributed by atoms with Gasteiger partial charge in [-0.2, -0.15) is 11.5 Å². The molecule has 0 atom stereocenters. The van der Waals surface area contributed by atoms with Crippen molar-refractivity contribution in [1.29, 1.82) is 0 Å². The summed E-state index contributed by atoms with van der Waals surface area (Å²) in [6.45, 7) is 13.9. The van der Waals surface area contributed by atoms with Crippen LogP contribution in [0.4, 0.5) is 4.79 Å². The number of hydrogen-bond donors (Lipinski definition) is 1. The summed E-state index contributed by atoms with van der Waals surface area (Å²) in [5.74, 6) is -0.385. The Balaban J connectivity index is 4.15. The highest BCUT2D eigenvalue weighted by Gasteiger charge is 2.26. The van der Waals surface area contributed by atoms with Crippen LogP contribution in [0.25, 0.3) is 0 Å². The molecule has 0 aromatic rings. The highest BCUT2D eigenvalue weighted by atomic mass is 35.5. The summed E-state index contributed by atoms with van der Waals surface area (Å²) in [6, 6.07) is 0. The molecule has 0 aliphatic carbocycles. The number of carbonyl (C=O) groups excluding carboxylic acids is 1. The lowest BCUT2D eigenvalue weighted by Crippen LogP contribution is -2.45. The van der Waals surface area contributed by atoms with Crippen molar-refractivity contribution in [3.05, 3.63) is 0 Å². The molecule has 0 aromatic heterocycles. The van der Waals surface area contributed by atoms with Crippen LogP contribution in [0.15, 0.2) is 0 Å². The third-order valence-corrected chi connectivity index (χ3v) is 3.20. The van der Waals surface area contributed by atoms with Crippen molar-refractivity contribution in [1.82, 2.24) is 5.23 Å². The molecule has 0 saturated carbocycles. The predicted octanol–water partition coefficient (Wildman–Crippen LogP) is 2.09. The van der Waals surface area contributed by atoms with Gasteiger partial charge in [0.15, 0.2) is 12.0 Å². The van der Waals surface area contributed by atoms with Gasteiger partial charge in [-0.1, -0.05) is 0 Å². The largest absolute Gasteiger partial charge is 0.430 e. The molecular weight excluding hydrogens is 330 g/mol. The summed E-state index contributed by atoms with van der Waals surface area (Å²) in [5, 5.41) is 2.54. The Morgan fingerprint density at radius 3 is 2.25 bits per heavy atom. The van der Waals surface area contributed by atoms with Crippen LogP contribution >= 0.6 is 11.5 Å². The number of ether oxygens (including phenoxy) is 3. The van der Waals surface area contributed by atoms with Crippen LogP contribution in [0.1, 0.15) is 48.0 Å². The van der Waals surface area contributed by atoms with Crippen molar-refractivity contribution < 1.29 is 23.7 Å². The Hall–Kier alpha value is -0.205. The first-order valence-electron chi connectivity index (χ1n) is 8.12. The van der Waals surface area contributed by atoms with Crippen LogP contribution < -0.4 is 5.23 Å². The molecule has 135 valence electrons. The molecule has 0 bridgehead atoms. The van der Waals surface area contributed by atoms with Gasteiger partial charge in [0.1, 0.15) is 0 Å². The number of halogens is 1. The first-order valence-corrected chi connectivity index (χ1v) is 8.56. The van der Waals surface area contributed by atoms with Gasteiger partial charge in [0, 0.05) is 25.4 Å². The van der Waals surface area contributed by atoms with Gasteiger partial charge in [0.25, 0.3) is 7.41 Å². The van der Waals surface area contributed by atoms with Crippen molar-refractivity contribution in [2.24, 2.45) is 0 Å². The van der Waals surface area contributed by atoms with E-state index >= 15 is 0 Å². The van der Waals surface area contributed by atoms with Crippen LogP contribution in [0.2, 0.25) is 0 Å². The second-order valence-corrected chi connectivity index (χ2v) is 6.47. The molecule has 0 aliphatic heterocycles. The van der Waals surface area contributed by atoms with Crippen LogP contribution in [0.3, 0.4) is 0 Å². The lowest BCUT2D eigenvalue weighted by atomic mass is 9.72. The Morgan fingerprint density at radius 1 is 1.17 bits per heavy atom. The third-order valence-electron chi connectivity index (χ3n) is 3.00. The summed E-state index contributed by atoms with van der Waals surface area (Å²) in [5.41, 5.74) is -1.05. The van der Waals surface area contributed by atoms with Gasteiger partial charge < -0.3 is 24.1 Å². The van der Waals surface area contributed by atoms with Crippen LogP contribution in [-0.2, 0) is 18.9 Å². The van der Waals surface area contributed by atoms with Gasteiger partial charge in [-0.25, -0.2) is 0 Å². The fraction of sp³-hybridized carbons (Fsp3) is 0.929. The van der Waals surface area contributed by atoms with Gasteiger partial charge in [-0.3, -0.25) is 4.79 Å². The topological polar surface area (TPSA) is 66.0 Å². The van der Waals surface area contributed by atoms with E-state index < -0.39 is 17.3 Å². The van der Waals surface area contributed by atoms with Gasteiger partial charge >= 0.3 is 14.2 Å². The van der Waals surface area contributed by atoms with Crippen molar-refractivity contribution >= 4 is 38.9 Å². The average Bonchev–Trinajstić information content (AvgIpc) is 2.50. The first kappa shape index (κ1) is 23.8. The molecule has 6 nitrogen and oxygen atoms in total. The van der Waals surface area contributed by atoms with Crippen LogP contribution in [0, 0.1) is 0 Å². The van der Waals surface area contributed by atoms with Crippen LogP contribution in [0.5, 0.6) is 0 Å². The van der Waals surface area contributed by atoms with Gasteiger partial charge in [0.05, 0.1) is 5.50 Å². The molecule has 0 heterocycles. The van der Waals surface area contributed by atoms with Gasteiger partial charge in [-0.05, 0) is 48.0 Å². The fourth-order valence-corrected chi connectivity index (χ4v) is 1.69. The maximum Gasteiger partial charge on any atom is 0.361 e. The minimum Gasteiger partial charge on any atom is -0.430 e. The molecule has 3 radical (unpaired) electrons.